The maximum atomic E-state index is 6.49. The lowest BCUT2D eigenvalue weighted by Gasteiger charge is -2.30. The molecule has 4 heteroatoms. The molecule has 1 N–H and O–H groups in total. The maximum absolute atomic E-state index is 6.49. The highest BCUT2D eigenvalue weighted by molar-refractivity contribution is 6.31. The zero-order valence-electron chi connectivity index (χ0n) is 12.7. The maximum Gasteiger partial charge on any atom is 0.125 e. The fourth-order valence-electron chi connectivity index (χ4n) is 3.34. The summed E-state index contributed by atoms with van der Waals surface area (Å²) in [4.78, 5) is 2.55. The Morgan fingerprint density at radius 3 is 2.90 bits per heavy atom. The molecule has 1 heterocycles. The second kappa shape index (κ2) is 7.30. The van der Waals surface area contributed by atoms with Crippen LogP contribution in [0.2, 0.25) is 5.02 Å². The number of hydrogen-bond acceptors (Lipinski definition) is 3. The molecule has 1 aliphatic heterocycles. The minimum absolute atomic E-state index is 0.353. The van der Waals surface area contributed by atoms with Gasteiger partial charge in [-0.05, 0) is 57.6 Å². The molecule has 0 aliphatic carbocycles. The minimum atomic E-state index is 0.353. The molecule has 0 aromatic heterocycles. The number of hydrogen-bond donors (Lipinski definition) is 1. The molecule has 1 aromatic carbocycles. The molecule has 0 spiro atoms. The van der Waals surface area contributed by atoms with Gasteiger partial charge in [-0.25, -0.2) is 0 Å². The van der Waals surface area contributed by atoms with E-state index in [9.17, 15) is 0 Å². The zero-order chi connectivity index (χ0) is 14.5. The van der Waals surface area contributed by atoms with Crippen LogP contribution in [-0.4, -0.2) is 38.7 Å². The van der Waals surface area contributed by atoms with Crippen LogP contribution in [0.3, 0.4) is 0 Å². The number of likely N-dealkylation sites (tertiary alicyclic amines) is 1. The molecule has 20 heavy (non-hydrogen) atoms. The lowest BCUT2D eigenvalue weighted by Crippen LogP contribution is -2.30. The molecule has 1 fully saturated rings. The summed E-state index contributed by atoms with van der Waals surface area (Å²) in [5.41, 5.74) is 1.16. The molecule has 0 amide bonds. The Balaban J connectivity index is 2.38. The van der Waals surface area contributed by atoms with Crippen molar-refractivity contribution in [3.8, 4) is 5.75 Å². The van der Waals surface area contributed by atoms with E-state index in [1.54, 1.807) is 7.11 Å². The lowest BCUT2D eigenvalue weighted by atomic mass is 9.92. The molecule has 1 aliphatic rings. The van der Waals surface area contributed by atoms with Crippen LogP contribution in [0, 0.1) is 5.92 Å². The summed E-state index contributed by atoms with van der Waals surface area (Å²) in [5, 5.41) is 4.14. The third-order valence-corrected chi connectivity index (χ3v) is 4.46. The number of ether oxygens (including phenoxy) is 1. The van der Waals surface area contributed by atoms with Crippen molar-refractivity contribution in [2.24, 2.45) is 5.92 Å². The van der Waals surface area contributed by atoms with E-state index in [1.165, 1.54) is 6.42 Å². The average molecular weight is 297 g/mol. The summed E-state index contributed by atoms with van der Waals surface area (Å²) in [5.74, 6) is 1.49. The van der Waals surface area contributed by atoms with E-state index in [2.05, 4.69) is 17.1 Å². The number of methoxy groups -OCH3 is 1. The van der Waals surface area contributed by atoms with Crippen LogP contribution in [-0.2, 0) is 0 Å². The van der Waals surface area contributed by atoms with Gasteiger partial charge in [0.15, 0.2) is 0 Å². The van der Waals surface area contributed by atoms with Gasteiger partial charge >= 0.3 is 0 Å². The summed E-state index contributed by atoms with van der Waals surface area (Å²) < 4.78 is 5.56. The van der Waals surface area contributed by atoms with Gasteiger partial charge in [-0.3, -0.25) is 4.90 Å². The highest BCUT2D eigenvalue weighted by Crippen LogP contribution is 2.44. The molecule has 1 aromatic rings. The van der Waals surface area contributed by atoms with Crippen molar-refractivity contribution >= 4 is 11.6 Å². The van der Waals surface area contributed by atoms with Crippen LogP contribution in [0.1, 0.15) is 31.4 Å². The Hall–Kier alpha value is -0.770. The summed E-state index contributed by atoms with van der Waals surface area (Å²) in [6, 6.07) is 6.29. The molecule has 112 valence electrons. The smallest absolute Gasteiger partial charge is 0.125 e. The molecule has 3 nitrogen and oxygen atoms in total. The van der Waals surface area contributed by atoms with E-state index < -0.39 is 0 Å². The number of nitrogens with one attached hydrogen (secondary N) is 1. The first kappa shape index (κ1) is 15.6. The quantitative estimate of drug-likeness (QED) is 0.871. The molecule has 0 saturated carbocycles. The minimum Gasteiger partial charge on any atom is -0.496 e. The standard InChI is InChI=1S/C16H25ClN2O/c1-4-9-19-10-8-12(11-18-2)16(19)15-13(17)6-5-7-14(15)20-3/h5-7,12,16,18H,4,8-11H2,1-3H3. The second-order valence-corrected chi connectivity index (χ2v) is 5.85. The molecule has 2 unspecified atom stereocenters. The zero-order valence-corrected chi connectivity index (χ0v) is 13.4. The van der Waals surface area contributed by atoms with Crippen LogP contribution in [0.25, 0.3) is 0 Å². The van der Waals surface area contributed by atoms with Crippen molar-refractivity contribution in [3.05, 3.63) is 28.8 Å². The van der Waals surface area contributed by atoms with Crippen molar-refractivity contribution < 1.29 is 4.74 Å². The van der Waals surface area contributed by atoms with Crippen molar-refractivity contribution in [3.63, 3.8) is 0 Å². The van der Waals surface area contributed by atoms with E-state index in [0.29, 0.717) is 12.0 Å². The first-order chi connectivity index (χ1) is 9.72. The van der Waals surface area contributed by atoms with Crippen LogP contribution in [0.4, 0.5) is 0 Å². The molecule has 2 atom stereocenters. The van der Waals surface area contributed by atoms with Crippen LogP contribution >= 0.6 is 11.6 Å². The molecular weight excluding hydrogens is 272 g/mol. The third-order valence-electron chi connectivity index (χ3n) is 4.13. The van der Waals surface area contributed by atoms with Crippen LogP contribution in [0.15, 0.2) is 18.2 Å². The number of benzene rings is 1. The van der Waals surface area contributed by atoms with Gasteiger partial charge in [0.25, 0.3) is 0 Å². The topological polar surface area (TPSA) is 24.5 Å². The number of nitrogens with zero attached hydrogens (tertiary/aromatic N) is 1. The van der Waals surface area contributed by atoms with Gasteiger partial charge in [0.05, 0.1) is 7.11 Å². The second-order valence-electron chi connectivity index (χ2n) is 5.44. The highest BCUT2D eigenvalue weighted by Gasteiger charge is 2.37. The predicted octanol–water partition coefficient (Wildman–Crippen LogP) is 3.34. The van der Waals surface area contributed by atoms with E-state index in [-0.39, 0.29) is 0 Å². The van der Waals surface area contributed by atoms with Gasteiger partial charge in [0.1, 0.15) is 5.75 Å². The van der Waals surface area contributed by atoms with Gasteiger partial charge in [0, 0.05) is 16.6 Å². The molecular formula is C16H25ClN2O. The normalized spacial score (nSPS) is 23.2. The Labute approximate surface area is 127 Å². The molecule has 1 saturated heterocycles. The monoisotopic (exact) mass is 296 g/mol. The SMILES string of the molecule is CCCN1CCC(CNC)C1c1c(Cl)cccc1OC. The summed E-state index contributed by atoms with van der Waals surface area (Å²) >= 11 is 6.49. The number of halogens is 1. The van der Waals surface area contributed by atoms with Crippen molar-refractivity contribution in [2.75, 3.05) is 33.8 Å². The van der Waals surface area contributed by atoms with Crippen molar-refractivity contribution in [1.29, 1.82) is 0 Å². The third kappa shape index (κ3) is 3.11. The van der Waals surface area contributed by atoms with Crippen molar-refractivity contribution in [1.82, 2.24) is 10.2 Å². The summed E-state index contributed by atoms with van der Waals surface area (Å²) in [7, 11) is 3.74. The van der Waals surface area contributed by atoms with Crippen molar-refractivity contribution in [2.45, 2.75) is 25.8 Å². The molecule has 2 rings (SSSR count). The van der Waals surface area contributed by atoms with Crippen LogP contribution in [0.5, 0.6) is 5.75 Å². The van der Waals surface area contributed by atoms with Gasteiger partial charge in [-0.2, -0.15) is 0 Å². The fraction of sp³-hybridized carbons (Fsp3) is 0.625. The van der Waals surface area contributed by atoms with E-state index in [4.69, 9.17) is 16.3 Å². The first-order valence-electron chi connectivity index (χ1n) is 7.44. The molecule has 0 bridgehead atoms. The van der Waals surface area contributed by atoms with Gasteiger partial charge in [-0.1, -0.05) is 24.6 Å². The lowest BCUT2D eigenvalue weighted by molar-refractivity contribution is 0.222. The van der Waals surface area contributed by atoms with Gasteiger partial charge in [-0.15, -0.1) is 0 Å². The summed E-state index contributed by atoms with van der Waals surface area (Å²) in [6.07, 6.45) is 2.37. The Morgan fingerprint density at radius 2 is 2.25 bits per heavy atom. The van der Waals surface area contributed by atoms with Gasteiger partial charge < -0.3 is 10.1 Å². The fourth-order valence-corrected chi connectivity index (χ4v) is 3.62. The Kier molecular flexibility index (Phi) is 5.70. The largest absolute Gasteiger partial charge is 0.496 e. The van der Waals surface area contributed by atoms with Crippen LogP contribution < -0.4 is 10.1 Å². The Bertz CT molecular complexity index is 424. The molecule has 0 radical (unpaired) electrons. The van der Waals surface area contributed by atoms with E-state index in [0.717, 1.165) is 42.4 Å². The first-order valence-corrected chi connectivity index (χ1v) is 7.81. The van der Waals surface area contributed by atoms with E-state index in [1.807, 2.05) is 25.2 Å². The summed E-state index contributed by atoms with van der Waals surface area (Å²) in [6.45, 7) is 5.49. The average Bonchev–Trinajstić information content (AvgIpc) is 2.82. The Morgan fingerprint density at radius 1 is 1.45 bits per heavy atom. The van der Waals surface area contributed by atoms with Gasteiger partial charge in [0.2, 0.25) is 0 Å². The highest BCUT2D eigenvalue weighted by atomic mass is 35.5. The van der Waals surface area contributed by atoms with E-state index >= 15 is 0 Å². The number of rotatable bonds is 6. The predicted molar refractivity (Wildman–Crippen MR) is 84.6 cm³/mol.